The molecule has 0 rings (SSSR count). The van der Waals surface area contributed by atoms with Gasteiger partial charge in [-0.15, -0.1) is 0 Å². The fourth-order valence-corrected chi connectivity index (χ4v) is 0.310. The lowest BCUT2D eigenvalue weighted by molar-refractivity contribution is -0.121. The van der Waals surface area contributed by atoms with Gasteiger partial charge in [0.15, 0.2) is 0 Å². The van der Waals surface area contributed by atoms with Gasteiger partial charge >= 0.3 is 0 Å². The van der Waals surface area contributed by atoms with E-state index < -0.39 is 0 Å². The highest BCUT2D eigenvalue weighted by Crippen LogP contribution is 1.83. The molecule has 0 heterocycles. The van der Waals surface area contributed by atoms with Crippen LogP contribution in [0.3, 0.4) is 0 Å². The molecule has 0 aliphatic heterocycles. The lowest BCUT2D eigenvalue weighted by Crippen LogP contribution is -2.24. The van der Waals surface area contributed by atoms with Crippen LogP contribution in [0.4, 0.5) is 0 Å². The van der Waals surface area contributed by atoms with Crippen molar-refractivity contribution in [2.45, 2.75) is 26.9 Å². The second-order valence-corrected chi connectivity index (χ2v) is 2.09. The third-order valence-corrected chi connectivity index (χ3v) is 0.738. The topological polar surface area (TPSA) is 38.3 Å². The summed E-state index contributed by atoms with van der Waals surface area (Å²) in [5.41, 5.74) is 0. The second kappa shape index (κ2) is 4.32. The number of hydrogen-bond acceptors (Lipinski definition) is 2. The summed E-state index contributed by atoms with van der Waals surface area (Å²) in [6, 6.07) is 0. The van der Waals surface area contributed by atoms with E-state index in [9.17, 15) is 4.79 Å². The maximum atomic E-state index is 10.2. The van der Waals surface area contributed by atoms with Crippen LogP contribution in [0.1, 0.15) is 20.8 Å². The van der Waals surface area contributed by atoms with Crippen molar-refractivity contribution in [1.82, 2.24) is 5.32 Å². The molecule has 0 radical (unpaired) electrons. The number of nitrogens with one attached hydrogen (secondary N) is 1. The Morgan fingerprint density at radius 3 is 2.56 bits per heavy atom. The Labute approximate surface area is 55.4 Å². The van der Waals surface area contributed by atoms with Crippen molar-refractivity contribution in [2.24, 2.45) is 0 Å². The van der Waals surface area contributed by atoms with Crippen LogP contribution in [0, 0.1) is 0 Å². The fourth-order valence-electron chi connectivity index (χ4n) is 0.310. The van der Waals surface area contributed by atoms with E-state index in [1.807, 2.05) is 13.8 Å². The molecule has 3 heteroatoms. The first kappa shape index (κ1) is 8.43. The van der Waals surface area contributed by atoms with Gasteiger partial charge in [-0.3, -0.25) is 4.79 Å². The number of ether oxygens (including phenoxy) is 1. The Bertz CT molecular complexity index is 91.1. The van der Waals surface area contributed by atoms with E-state index in [2.05, 4.69) is 5.32 Å². The molecule has 0 aromatic heterocycles. The molecule has 0 aromatic carbocycles. The van der Waals surface area contributed by atoms with Gasteiger partial charge in [0.1, 0.15) is 6.73 Å². The molecule has 0 aliphatic carbocycles. The zero-order valence-electron chi connectivity index (χ0n) is 6.10. The quantitative estimate of drug-likeness (QED) is 0.566. The molecule has 0 saturated carbocycles. The largest absolute Gasteiger partial charge is 0.359 e. The summed E-state index contributed by atoms with van der Waals surface area (Å²) in [6.45, 7) is 5.61. The van der Waals surface area contributed by atoms with Crippen molar-refractivity contribution >= 4 is 5.91 Å². The van der Waals surface area contributed by atoms with E-state index in [0.29, 0.717) is 6.73 Å². The summed E-state index contributed by atoms with van der Waals surface area (Å²) in [6.07, 6.45) is 0.178. The number of carbonyl (C=O) groups is 1. The molecule has 3 nitrogen and oxygen atoms in total. The first-order chi connectivity index (χ1) is 4.13. The summed E-state index contributed by atoms with van der Waals surface area (Å²) in [7, 11) is 0. The maximum absolute atomic E-state index is 10.2. The standard InChI is InChI=1S/C6H13NO2/c1-5(2)9-4-7-6(3)8/h5H,4H2,1-3H3,(H,7,8). The molecule has 0 aromatic rings. The Hall–Kier alpha value is -0.570. The van der Waals surface area contributed by atoms with Crippen LogP contribution in [0.25, 0.3) is 0 Å². The highest BCUT2D eigenvalue weighted by molar-refractivity contribution is 5.72. The van der Waals surface area contributed by atoms with E-state index in [0.717, 1.165) is 0 Å². The van der Waals surface area contributed by atoms with Crippen LogP contribution < -0.4 is 5.32 Å². The molecular weight excluding hydrogens is 118 g/mol. The van der Waals surface area contributed by atoms with E-state index in [-0.39, 0.29) is 12.0 Å². The average Bonchev–Trinajstić information content (AvgIpc) is 1.63. The van der Waals surface area contributed by atoms with Crippen molar-refractivity contribution in [1.29, 1.82) is 0 Å². The van der Waals surface area contributed by atoms with Crippen LogP contribution in [0.2, 0.25) is 0 Å². The first-order valence-electron chi connectivity index (χ1n) is 2.99. The highest BCUT2D eigenvalue weighted by Gasteiger charge is 1.92. The van der Waals surface area contributed by atoms with Crippen molar-refractivity contribution in [3.63, 3.8) is 0 Å². The molecule has 54 valence electrons. The summed E-state index contributed by atoms with van der Waals surface area (Å²) in [5.74, 6) is -0.0596. The van der Waals surface area contributed by atoms with Crippen molar-refractivity contribution in [2.75, 3.05) is 6.73 Å². The van der Waals surface area contributed by atoms with Gasteiger partial charge in [-0.2, -0.15) is 0 Å². The van der Waals surface area contributed by atoms with Gasteiger partial charge in [0.25, 0.3) is 0 Å². The molecule has 0 unspecified atom stereocenters. The predicted octanol–water partition coefficient (Wildman–Crippen LogP) is 0.505. The SMILES string of the molecule is CC(=O)NCOC(C)C. The van der Waals surface area contributed by atoms with E-state index in [1.54, 1.807) is 0 Å². The minimum Gasteiger partial charge on any atom is -0.359 e. The average molecular weight is 131 g/mol. The molecule has 0 fully saturated rings. The predicted molar refractivity (Wildman–Crippen MR) is 34.9 cm³/mol. The monoisotopic (exact) mass is 131 g/mol. The van der Waals surface area contributed by atoms with Gasteiger partial charge in [-0.05, 0) is 13.8 Å². The zero-order valence-corrected chi connectivity index (χ0v) is 6.10. The van der Waals surface area contributed by atoms with Gasteiger partial charge in [0.05, 0.1) is 6.10 Å². The number of hydrogen-bond donors (Lipinski definition) is 1. The Morgan fingerprint density at radius 1 is 1.67 bits per heavy atom. The fraction of sp³-hybridized carbons (Fsp3) is 0.833. The van der Waals surface area contributed by atoms with E-state index in [1.165, 1.54) is 6.92 Å². The summed E-state index contributed by atoms with van der Waals surface area (Å²) in [5, 5.41) is 2.52. The van der Waals surface area contributed by atoms with Crippen LogP contribution in [0.5, 0.6) is 0 Å². The van der Waals surface area contributed by atoms with Gasteiger partial charge < -0.3 is 10.1 Å². The molecule has 1 N–H and O–H groups in total. The molecule has 0 aliphatic rings. The molecule has 0 atom stereocenters. The molecule has 0 saturated heterocycles. The lowest BCUT2D eigenvalue weighted by atomic mass is 10.5. The molecule has 1 amide bonds. The Balaban J connectivity index is 3.01. The van der Waals surface area contributed by atoms with E-state index >= 15 is 0 Å². The molecule has 0 bridgehead atoms. The minimum atomic E-state index is -0.0596. The molecular formula is C6H13NO2. The second-order valence-electron chi connectivity index (χ2n) is 2.09. The number of rotatable bonds is 3. The van der Waals surface area contributed by atoms with Crippen LogP contribution in [-0.4, -0.2) is 18.7 Å². The smallest absolute Gasteiger partial charge is 0.218 e. The summed E-state index contributed by atoms with van der Waals surface area (Å²) >= 11 is 0. The first-order valence-corrected chi connectivity index (χ1v) is 2.99. The molecule has 9 heavy (non-hydrogen) atoms. The normalized spacial score (nSPS) is 9.78. The highest BCUT2D eigenvalue weighted by atomic mass is 16.5. The number of amides is 1. The van der Waals surface area contributed by atoms with Crippen LogP contribution >= 0.6 is 0 Å². The van der Waals surface area contributed by atoms with Crippen molar-refractivity contribution in [3.05, 3.63) is 0 Å². The number of carbonyl (C=O) groups excluding carboxylic acids is 1. The van der Waals surface area contributed by atoms with Crippen LogP contribution in [-0.2, 0) is 9.53 Å². The van der Waals surface area contributed by atoms with Gasteiger partial charge in [0.2, 0.25) is 5.91 Å². The van der Waals surface area contributed by atoms with Crippen LogP contribution in [0.15, 0.2) is 0 Å². The zero-order chi connectivity index (χ0) is 7.28. The third kappa shape index (κ3) is 7.43. The van der Waals surface area contributed by atoms with Crippen molar-refractivity contribution in [3.8, 4) is 0 Å². The Kier molecular flexibility index (Phi) is 4.05. The third-order valence-electron chi connectivity index (χ3n) is 0.738. The van der Waals surface area contributed by atoms with Crippen molar-refractivity contribution < 1.29 is 9.53 Å². The maximum Gasteiger partial charge on any atom is 0.218 e. The van der Waals surface area contributed by atoms with Gasteiger partial charge in [0, 0.05) is 6.92 Å². The van der Waals surface area contributed by atoms with Gasteiger partial charge in [-0.1, -0.05) is 0 Å². The summed E-state index contributed by atoms with van der Waals surface area (Å²) in [4.78, 5) is 10.2. The van der Waals surface area contributed by atoms with Gasteiger partial charge in [-0.25, -0.2) is 0 Å². The minimum absolute atomic E-state index is 0.0596. The Morgan fingerprint density at radius 2 is 2.22 bits per heavy atom. The lowest BCUT2D eigenvalue weighted by Gasteiger charge is -2.06. The molecule has 0 spiro atoms. The summed E-state index contributed by atoms with van der Waals surface area (Å²) < 4.78 is 5.02. The van der Waals surface area contributed by atoms with E-state index in [4.69, 9.17) is 4.74 Å².